The number of halogens is 3. The van der Waals surface area contributed by atoms with Crippen LogP contribution in [0.2, 0.25) is 18.1 Å². The predicted molar refractivity (Wildman–Crippen MR) is 161 cm³/mol. The number of carbonyl (C=O) groups excluding carboxylic acids is 1. The number of alkyl halides is 3. The maximum absolute atomic E-state index is 13.8. The highest BCUT2D eigenvalue weighted by molar-refractivity contribution is 7.90. The summed E-state index contributed by atoms with van der Waals surface area (Å²) in [5.41, 5.74) is -4.29. The summed E-state index contributed by atoms with van der Waals surface area (Å²) >= 11 is 0. The molecule has 0 bridgehead atoms. The Labute approximate surface area is 254 Å². The first-order valence-electron chi connectivity index (χ1n) is 13.7. The molecule has 0 aliphatic carbocycles. The molecule has 240 valence electrons. The van der Waals surface area contributed by atoms with E-state index in [4.69, 9.17) is 18.6 Å². The minimum atomic E-state index is -5.92. The van der Waals surface area contributed by atoms with E-state index in [9.17, 15) is 26.4 Å². The topological polar surface area (TPSA) is 91.4 Å². The molecule has 0 aliphatic rings. The van der Waals surface area contributed by atoms with Gasteiger partial charge in [-0.2, -0.15) is 17.5 Å². The molecule has 13 heteroatoms. The molecule has 0 heterocycles. The van der Waals surface area contributed by atoms with E-state index in [1.54, 1.807) is 49.6 Å². The largest absolute Gasteiger partial charge is 0.511 e. The molecule has 0 radical (unpaired) electrons. The number of hydrogen-bond donors (Lipinski definition) is 0. The zero-order chi connectivity index (χ0) is 32.5. The quantitative estimate of drug-likeness (QED) is 0.131. The summed E-state index contributed by atoms with van der Waals surface area (Å²) in [6.45, 7) is 9.72. The Morgan fingerprint density at radius 3 is 2.09 bits per heavy atom. The van der Waals surface area contributed by atoms with Crippen molar-refractivity contribution in [2.75, 3.05) is 27.4 Å². The average Bonchev–Trinajstić information content (AvgIpc) is 2.93. The van der Waals surface area contributed by atoms with Crippen molar-refractivity contribution in [2.24, 2.45) is 0 Å². The van der Waals surface area contributed by atoms with Crippen LogP contribution in [0.3, 0.4) is 0 Å². The van der Waals surface area contributed by atoms with E-state index in [1.165, 1.54) is 12.2 Å². The second-order valence-electron chi connectivity index (χ2n) is 11.5. The molecule has 0 amide bonds. The third-order valence-corrected chi connectivity index (χ3v) is 13.4. The minimum Gasteiger partial charge on any atom is -0.497 e. The summed E-state index contributed by atoms with van der Waals surface area (Å²) in [7, 11) is -5.74. The molecule has 0 saturated carbocycles. The first-order chi connectivity index (χ1) is 19.9. The second-order valence-corrected chi connectivity index (χ2v) is 18.1. The zero-order valence-electron chi connectivity index (χ0n) is 25.7. The van der Waals surface area contributed by atoms with Gasteiger partial charge in [0.15, 0.2) is 8.32 Å². The number of esters is 1. The van der Waals surface area contributed by atoms with Gasteiger partial charge >= 0.3 is 21.5 Å². The van der Waals surface area contributed by atoms with Crippen molar-refractivity contribution in [3.63, 3.8) is 0 Å². The van der Waals surface area contributed by atoms with Crippen molar-refractivity contribution in [3.8, 4) is 5.75 Å². The van der Waals surface area contributed by atoms with Crippen LogP contribution in [0, 0.1) is 0 Å². The second kappa shape index (κ2) is 15.3. The third-order valence-electron chi connectivity index (χ3n) is 7.29. The van der Waals surface area contributed by atoms with Crippen molar-refractivity contribution in [3.05, 3.63) is 77.9 Å². The molecule has 8 nitrogen and oxygen atoms in total. The molecule has 2 aromatic rings. The van der Waals surface area contributed by atoms with Crippen molar-refractivity contribution < 1.29 is 45.0 Å². The Morgan fingerprint density at radius 1 is 0.977 bits per heavy atom. The normalized spacial score (nSPS) is 14.6. The fourth-order valence-electron chi connectivity index (χ4n) is 3.82. The maximum atomic E-state index is 13.8. The number of methoxy groups -OCH3 is 2. The van der Waals surface area contributed by atoms with Crippen molar-refractivity contribution >= 4 is 24.3 Å². The highest BCUT2D eigenvalue weighted by atomic mass is 32.2. The summed E-state index contributed by atoms with van der Waals surface area (Å²) < 4.78 is 89.3. The Balaban J connectivity index is 2.37. The number of nitrogens with zero attached hydrogens (tertiary/aromatic N) is 1. The smallest absolute Gasteiger partial charge is 0.497 e. The van der Waals surface area contributed by atoms with E-state index in [0.717, 1.165) is 12.7 Å². The fraction of sp³-hybridized carbons (Fsp3) is 0.500. The monoisotopic (exact) mass is 645 g/mol. The van der Waals surface area contributed by atoms with Crippen LogP contribution in [0.25, 0.3) is 0 Å². The molecule has 2 atom stereocenters. The molecule has 43 heavy (non-hydrogen) atoms. The summed E-state index contributed by atoms with van der Waals surface area (Å²) in [5, 5.41) is -0.188. The maximum Gasteiger partial charge on any atom is 0.511 e. The van der Waals surface area contributed by atoms with Crippen molar-refractivity contribution in [1.82, 2.24) is 4.31 Å². The van der Waals surface area contributed by atoms with Gasteiger partial charge in [0.2, 0.25) is 0 Å². The molecule has 0 unspecified atom stereocenters. The van der Waals surface area contributed by atoms with Gasteiger partial charge < -0.3 is 18.6 Å². The third kappa shape index (κ3) is 10.5. The van der Waals surface area contributed by atoms with Gasteiger partial charge in [-0.15, -0.1) is 0 Å². The van der Waals surface area contributed by atoms with E-state index in [2.05, 4.69) is 0 Å². The fourth-order valence-corrected chi connectivity index (χ4v) is 6.12. The molecule has 0 fully saturated rings. The van der Waals surface area contributed by atoms with Crippen LogP contribution in [0.1, 0.15) is 31.9 Å². The Kier molecular flexibility index (Phi) is 13.0. The predicted octanol–water partition coefficient (Wildman–Crippen LogP) is 6.09. The Hall–Kier alpha value is -2.71. The first-order valence-corrected chi connectivity index (χ1v) is 18.0. The van der Waals surface area contributed by atoms with Crippen LogP contribution in [-0.4, -0.2) is 72.0 Å². The lowest BCUT2D eigenvalue weighted by molar-refractivity contribution is -0.145. The van der Waals surface area contributed by atoms with Crippen LogP contribution >= 0.6 is 0 Å². The number of sulfonamides is 1. The summed E-state index contributed by atoms with van der Waals surface area (Å²) in [6.07, 6.45) is 1.74. The van der Waals surface area contributed by atoms with Crippen LogP contribution in [0.5, 0.6) is 5.75 Å². The highest BCUT2D eigenvalue weighted by Gasteiger charge is 2.53. The van der Waals surface area contributed by atoms with E-state index < -0.39 is 48.5 Å². The van der Waals surface area contributed by atoms with E-state index in [0.29, 0.717) is 11.3 Å². The van der Waals surface area contributed by atoms with Gasteiger partial charge in [0.05, 0.1) is 33.5 Å². The molecule has 0 spiro atoms. The summed E-state index contributed by atoms with van der Waals surface area (Å²) in [4.78, 5) is 12.7. The summed E-state index contributed by atoms with van der Waals surface area (Å²) in [6, 6.07) is 13.7. The van der Waals surface area contributed by atoms with E-state index in [1.807, 2.05) is 46.0 Å². The van der Waals surface area contributed by atoms with Gasteiger partial charge in [-0.1, -0.05) is 75.4 Å². The molecule has 2 aromatic carbocycles. The molecule has 0 N–H and O–H groups in total. The molecule has 0 aromatic heterocycles. The zero-order valence-corrected chi connectivity index (χ0v) is 27.5. The van der Waals surface area contributed by atoms with Gasteiger partial charge in [-0.05, 0) is 47.8 Å². The average molecular weight is 646 g/mol. The highest BCUT2D eigenvalue weighted by Crippen LogP contribution is 2.37. The lowest BCUT2D eigenvalue weighted by atomic mass is 10.1. The Morgan fingerprint density at radius 2 is 1.58 bits per heavy atom. The number of carbonyl (C=O) groups is 1. The van der Waals surface area contributed by atoms with Crippen molar-refractivity contribution in [2.45, 2.75) is 69.6 Å². The lowest BCUT2D eigenvalue weighted by Gasteiger charge is -2.38. The lowest BCUT2D eigenvalue weighted by Crippen LogP contribution is -2.51. The van der Waals surface area contributed by atoms with Gasteiger partial charge in [-0.3, -0.25) is 4.79 Å². The molecular weight excluding hydrogens is 603 g/mol. The SMILES string of the molecule is COC(=O)[C@@H](Cc1ccccc1)N(C/C=C/[C@H](COCc1ccc(OC)cc1)O[Si](C)(C)C(C)(C)C)S(=O)(=O)C(F)(F)F. The van der Waals surface area contributed by atoms with Gasteiger partial charge in [0, 0.05) is 6.54 Å². The molecule has 0 saturated heterocycles. The Bertz CT molecular complexity index is 1300. The molecular formula is C30H42F3NO7SSi. The van der Waals surface area contributed by atoms with Crippen molar-refractivity contribution in [1.29, 1.82) is 0 Å². The van der Waals surface area contributed by atoms with E-state index >= 15 is 0 Å². The standard InChI is InChI=1S/C30H42F3NO7SSi/c1-29(2,3)43(6,7)41-26(22-40-21-24-15-17-25(38-4)18-16-24)14-11-19-34(42(36,37)30(31,32)33)27(28(35)39-5)20-23-12-9-8-10-13-23/h8-18,26-27H,19-22H2,1-7H3/b14-11+/t26-,27-/m1/s1. The van der Waals surface area contributed by atoms with Gasteiger partial charge in [-0.25, -0.2) is 8.42 Å². The number of benzene rings is 2. The first kappa shape index (κ1) is 36.5. The molecule has 2 rings (SSSR count). The van der Waals surface area contributed by atoms with E-state index in [-0.39, 0.29) is 29.0 Å². The van der Waals surface area contributed by atoms with Gasteiger partial charge in [0.1, 0.15) is 11.8 Å². The summed E-state index contributed by atoms with van der Waals surface area (Å²) in [5.74, 6) is -0.413. The van der Waals surface area contributed by atoms with Crippen LogP contribution in [-0.2, 0) is 41.7 Å². The van der Waals surface area contributed by atoms with Gasteiger partial charge in [0.25, 0.3) is 0 Å². The number of ether oxygens (including phenoxy) is 3. The molecule has 0 aliphatic heterocycles. The van der Waals surface area contributed by atoms with Crippen LogP contribution in [0.15, 0.2) is 66.7 Å². The minimum absolute atomic E-state index is 0.0610. The number of hydrogen-bond acceptors (Lipinski definition) is 7. The van der Waals surface area contributed by atoms with Crippen LogP contribution in [0.4, 0.5) is 13.2 Å². The number of rotatable bonds is 15. The van der Waals surface area contributed by atoms with Crippen LogP contribution < -0.4 is 4.74 Å².